The van der Waals surface area contributed by atoms with E-state index >= 15 is 0 Å². The number of anilines is 2. The van der Waals surface area contributed by atoms with Crippen LogP contribution in [-0.2, 0) is 4.74 Å². The van der Waals surface area contributed by atoms with Gasteiger partial charge in [-0.25, -0.2) is 4.98 Å². The first-order valence-electron chi connectivity index (χ1n) is 6.04. The molecule has 2 N–H and O–H groups in total. The number of nitrogens with zero attached hydrogens (tertiary/aromatic N) is 4. The van der Waals surface area contributed by atoms with Gasteiger partial charge in [0.15, 0.2) is 0 Å². The van der Waals surface area contributed by atoms with Crippen molar-refractivity contribution in [2.24, 2.45) is 0 Å². The molecule has 1 saturated heterocycles. The highest BCUT2D eigenvalue weighted by Gasteiger charge is 2.33. The number of aromatic nitrogens is 2. The van der Waals surface area contributed by atoms with E-state index in [-0.39, 0.29) is 35.3 Å². The Kier molecular flexibility index (Phi) is 3.52. The third-order valence-electron chi connectivity index (χ3n) is 3.41. The van der Waals surface area contributed by atoms with Gasteiger partial charge >= 0.3 is 5.69 Å². The molecule has 0 amide bonds. The number of rotatable bonds is 3. The van der Waals surface area contributed by atoms with Crippen LogP contribution in [0.4, 0.5) is 17.5 Å². The molecule has 0 aliphatic carbocycles. The van der Waals surface area contributed by atoms with Crippen molar-refractivity contribution in [3.63, 3.8) is 0 Å². The summed E-state index contributed by atoms with van der Waals surface area (Å²) in [4.78, 5) is 20.4. The SMILES string of the molecule is Cc1nc(N)nc(N(C)C2CCOC2C)c1[N+](=O)[O-]. The third kappa shape index (κ3) is 2.43. The summed E-state index contributed by atoms with van der Waals surface area (Å²) in [5, 5.41) is 11.2. The molecule has 0 radical (unpaired) electrons. The summed E-state index contributed by atoms with van der Waals surface area (Å²) in [6.07, 6.45) is 0.804. The van der Waals surface area contributed by atoms with Crippen molar-refractivity contribution in [1.29, 1.82) is 0 Å². The number of nitrogen functional groups attached to an aromatic ring is 1. The van der Waals surface area contributed by atoms with E-state index in [2.05, 4.69) is 9.97 Å². The van der Waals surface area contributed by atoms with Gasteiger partial charge in [0.25, 0.3) is 0 Å². The van der Waals surface area contributed by atoms with Gasteiger partial charge in [-0.1, -0.05) is 0 Å². The quantitative estimate of drug-likeness (QED) is 0.640. The summed E-state index contributed by atoms with van der Waals surface area (Å²) in [5.41, 5.74) is 5.77. The molecule has 1 aliphatic heterocycles. The van der Waals surface area contributed by atoms with Crippen molar-refractivity contribution in [2.45, 2.75) is 32.4 Å². The van der Waals surface area contributed by atoms with E-state index in [0.29, 0.717) is 6.61 Å². The molecule has 104 valence electrons. The molecule has 0 aromatic carbocycles. The van der Waals surface area contributed by atoms with Crippen molar-refractivity contribution >= 4 is 17.5 Å². The molecule has 0 saturated carbocycles. The first kappa shape index (κ1) is 13.5. The van der Waals surface area contributed by atoms with Gasteiger partial charge in [0.2, 0.25) is 11.8 Å². The zero-order valence-electron chi connectivity index (χ0n) is 11.2. The molecule has 2 heterocycles. The van der Waals surface area contributed by atoms with Gasteiger partial charge in [-0.15, -0.1) is 0 Å². The average Bonchev–Trinajstić information content (AvgIpc) is 2.72. The summed E-state index contributed by atoms with van der Waals surface area (Å²) >= 11 is 0. The van der Waals surface area contributed by atoms with E-state index in [4.69, 9.17) is 10.5 Å². The molecule has 1 aliphatic rings. The largest absolute Gasteiger partial charge is 0.376 e. The molecule has 0 spiro atoms. The fourth-order valence-electron chi connectivity index (χ4n) is 2.42. The molecule has 8 nitrogen and oxygen atoms in total. The van der Waals surface area contributed by atoms with Crippen LogP contribution in [-0.4, -0.2) is 40.7 Å². The predicted octanol–water partition coefficient (Wildman–Crippen LogP) is 0.889. The van der Waals surface area contributed by atoms with Crippen LogP contribution in [0.5, 0.6) is 0 Å². The van der Waals surface area contributed by atoms with E-state index in [1.54, 1.807) is 18.9 Å². The Morgan fingerprint density at radius 2 is 2.21 bits per heavy atom. The van der Waals surface area contributed by atoms with Crippen LogP contribution in [0.3, 0.4) is 0 Å². The number of hydrogen-bond donors (Lipinski definition) is 1. The van der Waals surface area contributed by atoms with E-state index in [0.717, 1.165) is 6.42 Å². The van der Waals surface area contributed by atoms with Crippen molar-refractivity contribution < 1.29 is 9.66 Å². The van der Waals surface area contributed by atoms with Crippen molar-refractivity contribution in [1.82, 2.24) is 9.97 Å². The number of aryl methyl sites for hydroxylation is 1. The van der Waals surface area contributed by atoms with Crippen LogP contribution in [0.15, 0.2) is 0 Å². The lowest BCUT2D eigenvalue weighted by Gasteiger charge is -2.27. The number of ether oxygens (including phenoxy) is 1. The molecule has 19 heavy (non-hydrogen) atoms. The summed E-state index contributed by atoms with van der Waals surface area (Å²) in [7, 11) is 1.77. The van der Waals surface area contributed by atoms with Gasteiger partial charge in [-0.05, 0) is 20.3 Å². The number of hydrogen-bond acceptors (Lipinski definition) is 7. The van der Waals surface area contributed by atoms with Crippen LogP contribution in [0.25, 0.3) is 0 Å². The fourth-order valence-corrected chi connectivity index (χ4v) is 2.42. The van der Waals surface area contributed by atoms with Crippen LogP contribution in [0, 0.1) is 17.0 Å². The minimum Gasteiger partial charge on any atom is -0.376 e. The highest BCUT2D eigenvalue weighted by Crippen LogP contribution is 2.32. The molecule has 1 aromatic heterocycles. The maximum Gasteiger partial charge on any atom is 0.332 e. The molecule has 0 bridgehead atoms. The normalized spacial score (nSPS) is 22.5. The first-order valence-corrected chi connectivity index (χ1v) is 6.04. The predicted molar refractivity (Wildman–Crippen MR) is 70.1 cm³/mol. The summed E-state index contributed by atoms with van der Waals surface area (Å²) in [6.45, 7) is 4.14. The molecular formula is C11H17N5O3. The smallest absolute Gasteiger partial charge is 0.332 e. The Labute approximate surface area is 110 Å². The van der Waals surface area contributed by atoms with E-state index < -0.39 is 4.92 Å². The Morgan fingerprint density at radius 3 is 2.74 bits per heavy atom. The molecule has 1 fully saturated rings. The Balaban J connectivity index is 2.45. The third-order valence-corrected chi connectivity index (χ3v) is 3.41. The lowest BCUT2D eigenvalue weighted by Crippen LogP contribution is -2.38. The highest BCUT2D eigenvalue weighted by atomic mass is 16.6. The van der Waals surface area contributed by atoms with Gasteiger partial charge in [0.1, 0.15) is 5.69 Å². The van der Waals surface area contributed by atoms with Crippen molar-refractivity contribution in [3.05, 3.63) is 15.8 Å². The van der Waals surface area contributed by atoms with Gasteiger partial charge in [0, 0.05) is 13.7 Å². The number of nitro groups is 1. The monoisotopic (exact) mass is 267 g/mol. The Morgan fingerprint density at radius 1 is 1.53 bits per heavy atom. The van der Waals surface area contributed by atoms with E-state index in [1.165, 1.54) is 0 Å². The van der Waals surface area contributed by atoms with Crippen LogP contribution < -0.4 is 10.6 Å². The van der Waals surface area contributed by atoms with Gasteiger partial charge in [-0.3, -0.25) is 10.1 Å². The highest BCUT2D eigenvalue weighted by molar-refractivity contribution is 5.62. The summed E-state index contributed by atoms with van der Waals surface area (Å²) in [5.74, 6) is 0.286. The standard InChI is InChI=1S/C11H17N5O3/c1-6-9(16(17)18)10(14-11(12)13-6)15(3)8-4-5-19-7(8)2/h7-8H,4-5H2,1-3H3,(H2,12,13,14). The van der Waals surface area contributed by atoms with Crippen LogP contribution in [0.2, 0.25) is 0 Å². The lowest BCUT2D eigenvalue weighted by molar-refractivity contribution is -0.385. The van der Waals surface area contributed by atoms with Crippen molar-refractivity contribution in [2.75, 3.05) is 24.3 Å². The molecular weight excluding hydrogens is 250 g/mol. The average molecular weight is 267 g/mol. The second kappa shape index (κ2) is 4.96. The fraction of sp³-hybridized carbons (Fsp3) is 0.636. The minimum atomic E-state index is -0.471. The second-order valence-electron chi connectivity index (χ2n) is 4.64. The second-order valence-corrected chi connectivity index (χ2v) is 4.64. The molecule has 2 atom stereocenters. The zero-order valence-corrected chi connectivity index (χ0v) is 11.2. The Bertz CT molecular complexity index is 507. The van der Waals surface area contributed by atoms with E-state index in [1.807, 2.05) is 6.92 Å². The first-order chi connectivity index (χ1) is 8.91. The Hall–Kier alpha value is -1.96. The summed E-state index contributed by atoms with van der Waals surface area (Å²) in [6, 6.07) is 0.0485. The van der Waals surface area contributed by atoms with Gasteiger partial charge in [-0.2, -0.15) is 4.98 Å². The molecule has 2 rings (SSSR count). The topological polar surface area (TPSA) is 107 Å². The van der Waals surface area contributed by atoms with E-state index in [9.17, 15) is 10.1 Å². The maximum atomic E-state index is 11.2. The summed E-state index contributed by atoms with van der Waals surface area (Å²) < 4.78 is 5.48. The van der Waals surface area contributed by atoms with Gasteiger partial charge < -0.3 is 15.4 Å². The maximum absolute atomic E-state index is 11.2. The van der Waals surface area contributed by atoms with Gasteiger partial charge in [0.05, 0.1) is 17.1 Å². The number of likely N-dealkylation sites (N-methyl/N-ethyl adjacent to an activating group) is 1. The zero-order chi connectivity index (χ0) is 14.2. The van der Waals surface area contributed by atoms with Crippen LogP contribution >= 0.6 is 0 Å². The van der Waals surface area contributed by atoms with Crippen LogP contribution in [0.1, 0.15) is 19.0 Å². The molecule has 2 unspecified atom stereocenters. The minimum absolute atomic E-state index is 0.00102. The lowest BCUT2D eigenvalue weighted by atomic mass is 10.1. The molecule has 8 heteroatoms. The van der Waals surface area contributed by atoms with Crippen molar-refractivity contribution in [3.8, 4) is 0 Å². The number of nitrogens with two attached hydrogens (primary N) is 1. The molecule has 1 aromatic rings.